The molecule has 1 aliphatic heterocycles. The second kappa shape index (κ2) is 3.01. The fourth-order valence-electron chi connectivity index (χ4n) is 1.44. The molecule has 0 fully saturated rings. The Morgan fingerprint density at radius 2 is 2.38 bits per heavy atom. The lowest BCUT2D eigenvalue weighted by Crippen LogP contribution is -1.98. The molecule has 1 aliphatic rings. The van der Waals surface area contributed by atoms with Crippen molar-refractivity contribution in [3.05, 3.63) is 35.7 Å². The maximum Gasteiger partial charge on any atom is 0.130 e. The normalized spacial score (nSPS) is 16.8. The molecule has 0 bridgehead atoms. The summed E-state index contributed by atoms with van der Waals surface area (Å²) in [6.07, 6.45) is 2.68. The van der Waals surface area contributed by atoms with E-state index in [0.29, 0.717) is 0 Å². The molecule has 2 rings (SSSR count). The lowest BCUT2D eigenvalue weighted by atomic mass is 10.1. The molecule has 0 spiro atoms. The summed E-state index contributed by atoms with van der Waals surface area (Å²) in [7, 11) is 1.85. The lowest BCUT2D eigenvalue weighted by molar-refractivity contribution is 0.442. The Bertz CT molecular complexity index is 358. The van der Waals surface area contributed by atoms with E-state index in [1.54, 1.807) is 0 Å². The van der Waals surface area contributed by atoms with Crippen molar-refractivity contribution in [2.75, 3.05) is 12.8 Å². The van der Waals surface area contributed by atoms with Crippen molar-refractivity contribution in [2.24, 2.45) is 0 Å². The van der Waals surface area contributed by atoms with Crippen LogP contribution < -0.4 is 15.8 Å². The van der Waals surface area contributed by atoms with Gasteiger partial charge in [0.25, 0.3) is 0 Å². The quantitative estimate of drug-likeness (QED) is 0.633. The van der Waals surface area contributed by atoms with Gasteiger partial charge in [-0.3, -0.25) is 0 Å². The van der Waals surface area contributed by atoms with Gasteiger partial charge >= 0.3 is 0 Å². The first-order chi connectivity index (χ1) is 6.29. The van der Waals surface area contributed by atoms with Crippen molar-refractivity contribution in [3.63, 3.8) is 0 Å². The van der Waals surface area contributed by atoms with Crippen LogP contribution in [0.2, 0.25) is 0 Å². The van der Waals surface area contributed by atoms with Crippen LogP contribution in [-0.4, -0.2) is 7.05 Å². The van der Waals surface area contributed by atoms with Gasteiger partial charge < -0.3 is 15.8 Å². The number of nitrogens with one attached hydrogen (secondary N) is 1. The Hall–Kier alpha value is -1.64. The van der Waals surface area contributed by atoms with Gasteiger partial charge in [-0.15, -0.1) is 0 Å². The molecule has 1 aromatic carbocycles. The van der Waals surface area contributed by atoms with Crippen LogP contribution in [0.1, 0.15) is 5.56 Å². The van der Waals surface area contributed by atoms with Crippen LogP contribution in [-0.2, 0) is 6.42 Å². The predicted octanol–water partition coefficient (Wildman–Crippen LogP) is 1.26. The number of rotatable bonds is 1. The van der Waals surface area contributed by atoms with E-state index in [4.69, 9.17) is 10.5 Å². The summed E-state index contributed by atoms with van der Waals surface area (Å²) in [5.74, 6) is 1.85. The van der Waals surface area contributed by atoms with E-state index in [9.17, 15) is 0 Å². The maximum atomic E-state index is 5.66. The predicted molar refractivity (Wildman–Crippen MR) is 52.3 cm³/mol. The summed E-state index contributed by atoms with van der Waals surface area (Å²) < 4.78 is 5.55. The fourth-order valence-corrected chi connectivity index (χ4v) is 1.44. The third-order valence-corrected chi connectivity index (χ3v) is 2.00. The lowest BCUT2D eigenvalue weighted by Gasteiger charge is -1.98. The highest BCUT2D eigenvalue weighted by atomic mass is 16.5. The number of benzene rings is 1. The van der Waals surface area contributed by atoms with Crippen molar-refractivity contribution in [2.45, 2.75) is 6.42 Å². The van der Waals surface area contributed by atoms with Crippen LogP contribution >= 0.6 is 0 Å². The van der Waals surface area contributed by atoms with Gasteiger partial charge in [0.2, 0.25) is 0 Å². The molecular weight excluding hydrogens is 164 g/mol. The summed E-state index contributed by atoms with van der Waals surface area (Å²) >= 11 is 0. The minimum absolute atomic E-state index is 0.785. The first-order valence-electron chi connectivity index (χ1n) is 4.22. The topological polar surface area (TPSA) is 47.3 Å². The number of hydrogen-bond acceptors (Lipinski definition) is 3. The number of nitrogens with two attached hydrogens (primary N) is 1. The summed E-state index contributed by atoms with van der Waals surface area (Å²) in [4.78, 5) is 0. The van der Waals surface area contributed by atoms with Crippen LogP contribution in [0.25, 0.3) is 0 Å². The minimum atomic E-state index is 0.785. The van der Waals surface area contributed by atoms with Gasteiger partial charge in [-0.05, 0) is 18.2 Å². The van der Waals surface area contributed by atoms with Gasteiger partial charge in [0.05, 0.1) is 0 Å². The summed E-state index contributed by atoms with van der Waals surface area (Å²) in [6, 6.07) is 5.70. The molecule has 3 N–H and O–H groups in total. The maximum absolute atomic E-state index is 5.66. The molecule has 0 radical (unpaired) electrons. The Kier molecular flexibility index (Phi) is 1.85. The van der Waals surface area contributed by atoms with Gasteiger partial charge in [-0.1, -0.05) is 0 Å². The molecule has 3 nitrogen and oxygen atoms in total. The fraction of sp³-hybridized carbons (Fsp3) is 0.200. The molecule has 0 saturated heterocycles. The first kappa shape index (κ1) is 7.98. The van der Waals surface area contributed by atoms with Crippen molar-refractivity contribution in [3.8, 4) is 5.75 Å². The molecule has 0 saturated carbocycles. The standard InChI is InChI=1S/C10H12N2O/c1-12-6-9-5-7-4-8(11)2-3-10(7)13-9/h2-4,6,12H,5,11H2,1H3. The molecule has 0 atom stereocenters. The van der Waals surface area contributed by atoms with Gasteiger partial charge in [-0.2, -0.15) is 0 Å². The number of anilines is 1. The van der Waals surface area contributed by atoms with Crippen LogP contribution in [0.15, 0.2) is 30.2 Å². The van der Waals surface area contributed by atoms with Crippen LogP contribution in [0, 0.1) is 0 Å². The summed E-state index contributed by atoms with van der Waals surface area (Å²) in [5.41, 5.74) is 7.60. The Balaban J connectivity index is 2.30. The van der Waals surface area contributed by atoms with Crippen molar-refractivity contribution in [1.82, 2.24) is 5.32 Å². The van der Waals surface area contributed by atoms with E-state index in [2.05, 4.69) is 5.32 Å². The highest BCUT2D eigenvalue weighted by molar-refractivity contribution is 5.51. The molecule has 13 heavy (non-hydrogen) atoms. The van der Waals surface area contributed by atoms with Gasteiger partial charge in [0.1, 0.15) is 11.5 Å². The molecule has 1 heterocycles. The van der Waals surface area contributed by atoms with E-state index >= 15 is 0 Å². The van der Waals surface area contributed by atoms with Crippen molar-refractivity contribution >= 4 is 5.69 Å². The zero-order valence-electron chi connectivity index (χ0n) is 7.50. The Morgan fingerprint density at radius 1 is 1.54 bits per heavy atom. The smallest absolute Gasteiger partial charge is 0.130 e. The molecule has 0 aliphatic carbocycles. The molecule has 1 aromatic rings. The molecule has 68 valence electrons. The van der Waals surface area contributed by atoms with Crippen LogP contribution in [0.3, 0.4) is 0 Å². The summed E-state index contributed by atoms with van der Waals surface area (Å²) in [6.45, 7) is 0. The van der Waals surface area contributed by atoms with Gasteiger partial charge in [0.15, 0.2) is 0 Å². The zero-order valence-corrected chi connectivity index (χ0v) is 7.50. The summed E-state index contributed by atoms with van der Waals surface area (Å²) in [5, 5.41) is 2.94. The van der Waals surface area contributed by atoms with Crippen LogP contribution in [0.5, 0.6) is 5.75 Å². The van der Waals surface area contributed by atoms with E-state index in [1.165, 1.54) is 0 Å². The van der Waals surface area contributed by atoms with Crippen LogP contribution in [0.4, 0.5) is 5.69 Å². The minimum Gasteiger partial charge on any atom is -0.460 e. The van der Waals surface area contributed by atoms with Crippen molar-refractivity contribution < 1.29 is 4.74 Å². The second-order valence-electron chi connectivity index (χ2n) is 3.05. The van der Waals surface area contributed by atoms with E-state index in [0.717, 1.165) is 29.2 Å². The van der Waals surface area contributed by atoms with E-state index < -0.39 is 0 Å². The van der Waals surface area contributed by atoms with E-state index in [1.807, 2.05) is 31.4 Å². The molecule has 0 aromatic heterocycles. The number of hydrogen-bond donors (Lipinski definition) is 2. The third kappa shape index (κ3) is 1.45. The SMILES string of the molecule is CNC=C1Cc2cc(N)ccc2O1. The Morgan fingerprint density at radius 3 is 3.15 bits per heavy atom. The van der Waals surface area contributed by atoms with Gasteiger partial charge in [-0.25, -0.2) is 0 Å². The number of nitrogen functional groups attached to an aromatic ring is 1. The number of fused-ring (bicyclic) bond motifs is 1. The molecular formula is C10H12N2O. The highest BCUT2D eigenvalue weighted by Gasteiger charge is 2.16. The second-order valence-corrected chi connectivity index (χ2v) is 3.05. The average Bonchev–Trinajstić information content (AvgIpc) is 2.46. The largest absolute Gasteiger partial charge is 0.460 e. The average molecular weight is 176 g/mol. The highest BCUT2D eigenvalue weighted by Crippen LogP contribution is 2.31. The monoisotopic (exact) mass is 176 g/mol. The van der Waals surface area contributed by atoms with Gasteiger partial charge in [0, 0.05) is 30.9 Å². The molecule has 3 heteroatoms. The third-order valence-electron chi connectivity index (χ3n) is 2.00. The number of ether oxygens (including phenoxy) is 1. The molecule has 0 unspecified atom stereocenters. The number of allylic oxidation sites excluding steroid dienone is 1. The Labute approximate surface area is 77.2 Å². The van der Waals surface area contributed by atoms with Crippen molar-refractivity contribution in [1.29, 1.82) is 0 Å². The first-order valence-corrected chi connectivity index (χ1v) is 4.22. The molecule has 0 amide bonds. The van der Waals surface area contributed by atoms with E-state index in [-0.39, 0.29) is 0 Å². The zero-order chi connectivity index (χ0) is 9.26.